The Labute approximate surface area is 178 Å². The van der Waals surface area contributed by atoms with Crippen molar-refractivity contribution in [3.05, 3.63) is 51.6 Å². The van der Waals surface area contributed by atoms with Crippen LogP contribution in [0.15, 0.2) is 36.4 Å². The molecule has 2 rings (SSSR count). The van der Waals surface area contributed by atoms with Crippen LogP contribution in [0.3, 0.4) is 0 Å². The van der Waals surface area contributed by atoms with Crippen LogP contribution in [0, 0.1) is 15.2 Å². The summed E-state index contributed by atoms with van der Waals surface area (Å²) < 4.78 is 105. The maximum Gasteiger partial charge on any atom is 0.488 e. The van der Waals surface area contributed by atoms with E-state index in [1.54, 1.807) is 22.6 Å². The second-order valence-electron chi connectivity index (χ2n) is 5.51. The Balaban J connectivity index is 0.000000303. The fraction of sp³-hybridized carbons (Fsp3) is 0.250. The van der Waals surface area contributed by atoms with E-state index in [0.29, 0.717) is 3.57 Å². The Kier molecular flexibility index (Phi) is 9.61. The zero-order valence-electron chi connectivity index (χ0n) is 14.6. The molecule has 0 aliphatic carbocycles. The van der Waals surface area contributed by atoms with Crippen LogP contribution in [0.4, 0.5) is 35.1 Å². The molecule has 4 nitrogen and oxygen atoms in total. The van der Waals surface area contributed by atoms with Gasteiger partial charge in [-0.05, 0) is 52.3 Å². The minimum atomic E-state index is -4.54. The summed E-state index contributed by atoms with van der Waals surface area (Å²) >= 11 is 1.79. The van der Waals surface area contributed by atoms with Gasteiger partial charge in [0.1, 0.15) is 23.1 Å². The van der Waals surface area contributed by atoms with Gasteiger partial charge in [0.05, 0.1) is 0 Å². The lowest BCUT2D eigenvalue weighted by molar-refractivity contribution is -0.154. The lowest BCUT2D eigenvalue weighted by Crippen LogP contribution is -2.30. The van der Waals surface area contributed by atoms with Crippen LogP contribution in [-0.4, -0.2) is 42.7 Å². The van der Waals surface area contributed by atoms with E-state index in [0.717, 1.165) is 24.3 Å². The Hall–Kier alpha value is -1.81. The van der Waals surface area contributed by atoms with Crippen molar-refractivity contribution < 1.29 is 54.6 Å². The third kappa shape index (κ3) is 11.4. The molecule has 0 aromatic heterocycles. The van der Waals surface area contributed by atoms with E-state index in [1.165, 1.54) is 12.1 Å². The van der Waals surface area contributed by atoms with Crippen molar-refractivity contribution in [3.63, 3.8) is 0 Å². The van der Waals surface area contributed by atoms with Gasteiger partial charge in [0, 0.05) is 15.7 Å². The molecule has 0 aliphatic rings. The van der Waals surface area contributed by atoms with Gasteiger partial charge in [0.15, 0.2) is 13.2 Å². The van der Waals surface area contributed by atoms with Gasteiger partial charge in [-0.2, -0.15) is 26.3 Å². The van der Waals surface area contributed by atoms with E-state index in [2.05, 4.69) is 9.47 Å². The van der Waals surface area contributed by atoms with Crippen LogP contribution in [0.1, 0.15) is 0 Å². The van der Waals surface area contributed by atoms with E-state index in [-0.39, 0.29) is 11.2 Å². The normalized spacial score (nSPS) is 11.4. The van der Waals surface area contributed by atoms with Crippen molar-refractivity contribution in [2.45, 2.75) is 12.4 Å². The van der Waals surface area contributed by atoms with Gasteiger partial charge in [-0.3, -0.25) is 0 Å². The Morgan fingerprint density at radius 3 is 1.57 bits per heavy atom. The topological polar surface area (TPSA) is 58.9 Å². The molecular formula is C16H12BF8IO4. The molecule has 0 amide bonds. The maximum absolute atomic E-state index is 12.8. The van der Waals surface area contributed by atoms with Crippen molar-refractivity contribution in [1.82, 2.24) is 0 Å². The predicted molar refractivity (Wildman–Crippen MR) is 98.4 cm³/mol. The minimum absolute atomic E-state index is 0.119. The number of hydrogen-bond acceptors (Lipinski definition) is 4. The molecule has 0 saturated heterocycles. The SMILES string of the molecule is Fc1cc(I)cc(OCC(F)(F)F)c1.OB(O)c1cc(F)cc(OCC(F)(F)F)c1. The first-order chi connectivity index (χ1) is 13.6. The molecule has 30 heavy (non-hydrogen) atoms. The van der Waals surface area contributed by atoms with Gasteiger partial charge in [-0.25, -0.2) is 8.78 Å². The minimum Gasteiger partial charge on any atom is -0.484 e. The quantitative estimate of drug-likeness (QED) is 0.333. The zero-order valence-corrected chi connectivity index (χ0v) is 16.7. The molecule has 0 heterocycles. The number of alkyl halides is 6. The zero-order chi connectivity index (χ0) is 23.1. The number of benzene rings is 2. The van der Waals surface area contributed by atoms with Gasteiger partial charge < -0.3 is 19.5 Å². The highest BCUT2D eigenvalue weighted by molar-refractivity contribution is 14.1. The van der Waals surface area contributed by atoms with Crippen LogP contribution in [0.25, 0.3) is 0 Å². The van der Waals surface area contributed by atoms with Crippen molar-refractivity contribution in [2.24, 2.45) is 0 Å². The fourth-order valence-corrected chi connectivity index (χ4v) is 2.36. The van der Waals surface area contributed by atoms with Crippen molar-refractivity contribution in [2.75, 3.05) is 13.2 Å². The molecule has 2 N–H and O–H groups in total. The molecule has 166 valence electrons. The summed E-state index contributed by atoms with van der Waals surface area (Å²) in [5.41, 5.74) is -0.280. The van der Waals surface area contributed by atoms with Gasteiger partial charge in [0.25, 0.3) is 0 Å². The van der Waals surface area contributed by atoms with Gasteiger partial charge >= 0.3 is 19.5 Å². The Morgan fingerprint density at radius 1 is 0.733 bits per heavy atom. The second-order valence-corrected chi connectivity index (χ2v) is 6.75. The van der Waals surface area contributed by atoms with Gasteiger partial charge in [-0.15, -0.1) is 0 Å². The first kappa shape index (κ1) is 26.2. The Bertz CT molecular complexity index is 810. The summed E-state index contributed by atoms with van der Waals surface area (Å²) in [7, 11) is -1.97. The molecular weight excluding hydrogens is 546 g/mol. The highest BCUT2D eigenvalue weighted by Gasteiger charge is 2.29. The van der Waals surface area contributed by atoms with Gasteiger partial charge in [0.2, 0.25) is 0 Å². The second kappa shape index (κ2) is 11.0. The van der Waals surface area contributed by atoms with Crippen LogP contribution in [0.5, 0.6) is 11.5 Å². The summed E-state index contributed by atoms with van der Waals surface area (Å²) in [6.07, 6.45) is -8.94. The summed E-state index contributed by atoms with van der Waals surface area (Å²) in [6, 6.07) is 5.85. The van der Waals surface area contributed by atoms with Gasteiger partial charge in [-0.1, -0.05) is 0 Å². The van der Waals surface area contributed by atoms with E-state index >= 15 is 0 Å². The summed E-state index contributed by atoms with van der Waals surface area (Å²) in [5, 5.41) is 17.4. The fourth-order valence-electron chi connectivity index (χ4n) is 1.76. The summed E-state index contributed by atoms with van der Waals surface area (Å²) in [4.78, 5) is 0. The molecule has 14 heteroatoms. The first-order valence-electron chi connectivity index (χ1n) is 7.66. The molecule has 0 radical (unpaired) electrons. The van der Waals surface area contributed by atoms with Crippen LogP contribution < -0.4 is 14.9 Å². The van der Waals surface area contributed by atoms with E-state index in [4.69, 9.17) is 10.0 Å². The average Bonchev–Trinajstić information content (AvgIpc) is 2.56. The molecule has 0 spiro atoms. The average molecular weight is 558 g/mol. The van der Waals surface area contributed by atoms with Crippen molar-refractivity contribution in [3.8, 4) is 11.5 Å². The van der Waals surface area contributed by atoms with E-state index in [1.807, 2.05) is 0 Å². The lowest BCUT2D eigenvalue weighted by Gasteiger charge is -2.10. The molecule has 0 atom stereocenters. The molecule has 0 aliphatic heterocycles. The monoisotopic (exact) mass is 558 g/mol. The largest absolute Gasteiger partial charge is 0.488 e. The third-order valence-corrected chi connectivity index (χ3v) is 3.46. The number of halogens is 9. The van der Waals surface area contributed by atoms with E-state index < -0.39 is 50.1 Å². The lowest BCUT2D eigenvalue weighted by atomic mass is 9.80. The Morgan fingerprint density at radius 2 is 1.17 bits per heavy atom. The molecule has 0 bridgehead atoms. The molecule has 2 aromatic carbocycles. The molecule has 0 unspecified atom stereocenters. The standard InChI is InChI=1S/C8H7BF4O3.C8H5F4IO/c10-6-1-5(9(14)15)2-7(3-6)16-4-8(11,12)13;9-5-1-6(13)3-7(2-5)14-4-8(10,11)12/h1-3,14-15H,4H2;1-3H,4H2. The highest BCUT2D eigenvalue weighted by Crippen LogP contribution is 2.21. The molecule has 2 aromatic rings. The van der Waals surface area contributed by atoms with Crippen molar-refractivity contribution >= 4 is 35.2 Å². The molecule has 0 saturated carbocycles. The smallest absolute Gasteiger partial charge is 0.484 e. The molecule has 0 fully saturated rings. The number of ether oxygens (including phenoxy) is 2. The predicted octanol–water partition coefficient (Wildman–Crippen LogP) is 3.82. The number of rotatable bonds is 5. The third-order valence-electron chi connectivity index (χ3n) is 2.83. The highest BCUT2D eigenvalue weighted by atomic mass is 127. The van der Waals surface area contributed by atoms with Crippen LogP contribution in [-0.2, 0) is 0 Å². The van der Waals surface area contributed by atoms with Crippen molar-refractivity contribution in [1.29, 1.82) is 0 Å². The summed E-state index contributed by atoms with van der Waals surface area (Å²) in [6.45, 7) is -2.98. The maximum atomic E-state index is 12.8. The van der Waals surface area contributed by atoms with Crippen LogP contribution in [0.2, 0.25) is 0 Å². The van der Waals surface area contributed by atoms with E-state index in [9.17, 15) is 35.1 Å². The summed E-state index contributed by atoms with van der Waals surface area (Å²) in [5.74, 6) is -2.07. The first-order valence-corrected chi connectivity index (χ1v) is 8.74. The van der Waals surface area contributed by atoms with Crippen LogP contribution >= 0.6 is 22.6 Å². The number of hydrogen-bond donors (Lipinski definition) is 2.